The number of rotatable bonds is 6. The molecule has 1 unspecified atom stereocenters. The Morgan fingerprint density at radius 3 is 2.96 bits per heavy atom. The minimum atomic E-state index is -0.291. The van der Waals surface area contributed by atoms with E-state index in [1.165, 1.54) is 12.1 Å². The zero-order valence-electron chi connectivity index (χ0n) is 13.7. The molecular formula is C17H21FN4O2. The Morgan fingerprint density at radius 1 is 1.38 bits per heavy atom. The molecule has 1 aromatic heterocycles. The van der Waals surface area contributed by atoms with E-state index in [1.807, 2.05) is 6.92 Å². The lowest BCUT2D eigenvalue weighted by atomic mass is 10.1. The molecule has 2 aromatic rings. The third kappa shape index (κ3) is 4.10. The summed E-state index contributed by atoms with van der Waals surface area (Å²) in [5.74, 6) is 2.22. The SMILES string of the molecule is Cc1nnc2n1CC(NC(=O)CCCOc1ccc(F)cc1)CC2. The van der Waals surface area contributed by atoms with Crippen LogP contribution in [0.4, 0.5) is 4.39 Å². The van der Waals surface area contributed by atoms with Gasteiger partial charge in [-0.1, -0.05) is 0 Å². The van der Waals surface area contributed by atoms with Gasteiger partial charge in [-0.3, -0.25) is 4.79 Å². The number of carbonyl (C=O) groups is 1. The van der Waals surface area contributed by atoms with Gasteiger partial charge in [-0.05, 0) is 44.0 Å². The molecule has 7 heteroatoms. The van der Waals surface area contributed by atoms with E-state index in [1.54, 1.807) is 12.1 Å². The van der Waals surface area contributed by atoms with Gasteiger partial charge in [-0.2, -0.15) is 0 Å². The summed E-state index contributed by atoms with van der Waals surface area (Å²) in [6.07, 6.45) is 2.74. The first kappa shape index (κ1) is 16.4. The number of carbonyl (C=O) groups excluding carboxylic acids is 1. The van der Waals surface area contributed by atoms with Crippen LogP contribution in [0.25, 0.3) is 0 Å². The van der Waals surface area contributed by atoms with Crippen LogP contribution in [-0.2, 0) is 17.8 Å². The standard InChI is InChI=1S/C17H21FN4O2/c1-12-20-21-16-9-6-14(11-22(12)16)19-17(23)3-2-10-24-15-7-4-13(18)5-8-15/h4-5,7-8,14H,2-3,6,9-11H2,1H3,(H,19,23). The highest BCUT2D eigenvalue weighted by atomic mass is 19.1. The van der Waals surface area contributed by atoms with Crippen molar-refractivity contribution in [3.8, 4) is 5.75 Å². The lowest BCUT2D eigenvalue weighted by Gasteiger charge is -2.24. The highest BCUT2D eigenvalue weighted by molar-refractivity contribution is 5.76. The normalized spacial score (nSPS) is 16.5. The molecule has 128 valence electrons. The fourth-order valence-corrected chi connectivity index (χ4v) is 2.83. The highest BCUT2D eigenvalue weighted by Gasteiger charge is 2.22. The summed E-state index contributed by atoms with van der Waals surface area (Å²) < 4.78 is 20.3. The van der Waals surface area contributed by atoms with Crippen LogP contribution >= 0.6 is 0 Å². The largest absolute Gasteiger partial charge is 0.494 e. The maximum absolute atomic E-state index is 12.8. The average molecular weight is 332 g/mol. The van der Waals surface area contributed by atoms with Gasteiger partial charge in [0.25, 0.3) is 0 Å². The van der Waals surface area contributed by atoms with Gasteiger partial charge in [-0.25, -0.2) is 4.39 Å². The molecule has 3 rings (SSSR count). The summed E-state index contributed by atoms with van der Waals surface area (Å²) in [6.45, 7) is 3.08. The van der Waals surface area contributed by atoms with Gasteiger partial charge in [-0.15, -0.1) is 10.2 Å². The summed E-state index contributed by atoms with van der Waals surface area (Å²) >= 11 is 0. The van der Waals surface area contributed by atoms with Gasteiger partial charge < -0.3 is 14.6 Å². The van der Waals surface area contributed by atoms with E-state index in [4.69, 9.17) is 4.74 Å². The van der Waals surface area contributed by atoms with Crippen molar-refractivity contribution in [2.75, 3.05) is 6.61 Å². The van der Waals surface area contributed by atoms with E-state index in [0.29, 0.717) is 25.2 Å². The molecule has 0 fully saturated rings. The summed E-state index contributed by atoms with van der Waals surface area (Å²) in [4.78, 5) is 12.0. The fourth-order valence-electron chi connectivity index (χ4n) is 2.83. The number of aromatic nitrogens is 3. The second kappa shape index (κ2) is 7.42. The number of fused-ring (bicyclic) bond motifs is 1. The number of benzene rings is 1. The van der Waals surface area contributed by atoms with Crippen LogP contribution in [0.1, 0.15) is 30.9 Å². The Morgan fingerprint density at radius 2 is 2.17 bits per heavy atom. The van der Waals surface area contributed by atoms with Crippen molar-refractivity contribution >= 4 is 5.91 Å². The molecule has 0 spiro atoms. The Bertz CT molecular complexity index is 699. The summed E-state index contributed by atoms with van der Waals surface area (Å²) in [6, 6.07) is 5.99. The Hall–Kier alpha value is -2.44. The molecule has 1 amide bonds. The molecule has 24 heavy (non-hydrogen) atoms. The average Bonchev–Trinajstić information content (AvgIpc) is 2.94. The smallest absolute Gasteiger partial charge is 0.220 e. The van der Waals surface area contributed by atoms with Crippen LogP contribution in [0.15, 0.2) is 24.3 Å². The maximum Gasteiger partial charge on any atom is 0.220 e. The molecule has 1 aliphatic rings. The van der Waals surface area contributed by atoms with Crippen molar-refractivity contribution in [3.05, 3.63) is 41.7 Å². The van der Waals surface area contributed by atoms with Gasteiger partial charge in [0, 0.05) is 25.4 Å². The first-order valence-electron chi connectivity index (χ1n) is 8.18. The number of halogens is 1. The predicted octanol–water partition coefficient (Wildman–Crippen LogP) is 2.02. The number of amides is 1. The van der Waals surface area contributed by atoms with Crippen LogP contribution < -0.4 is 10.1 Å². The first-order valence-corrected chi connectivity index (χ1v) is 8.18. The van der Waals surface area contributed by atoms with E-state index in [2.05, 4.69) is 20.1 Å². The first-order chi connectivity index (χ1) is 11.6. The second-order valence-corrected chi connectivity index (χ2v) is 5.98. The van der Waals surface area contributed by atoms with Crippen molar-refractivity contribution in [1.29, 1.82) is 0 Å². The minimum absolute atomic E-state index is 0.0249. The Labute approximate surface area is 140 Å². The van der Waals surface area contributed by atoms with Gasteiger partial charge in [0.1, 0.15) is 23.2 Å². The van der Waals surface area contributed by atoms with E-state index in [-0.39, 0.29) is 17.8 Å². The summed E-state index contributed by atoms with van der Waals surface area (Å²) in [5, 5.41) is 11.3. The third-order valence-corrected chi connectivity index (χ3v) is 4.13. The van der Waals surface area contributed by atoms with Crippen LogP contribution in [0.5, 0.6) is 5.75 Å². The molecule has 0 bridgehead atoms. The molecule has 1 aromatic carbocycles. The van der Waals surface area contributed by atoms with Gasteiger partial charge in [0.05, 0.1) is 6.61 Å². The van der Waals surface area contributed by atoms with Gasteiger partial charge in [0.15, 0.2) is 0 Å². The van der Waals surface area contributed by atoms with Gasteiger partial charge >= 0.3 is 0 Å². The molecule has 2 heterocycles. The quantitative estimate of drug-likeness (QED) is 0.822. The maximum atomic E-state index is 12.8. The van der Waals surface area contributed by atoms with E-state index in [0.717, 1.165) is 31.0 Å². The molecule has 0 radical (unpaired) electrons. The zero-order chi connectivity index (χ0) is 16.9. The van der Waals surface area contributed by atoms with Crippen LogP contribution in [0.2, 0.25) is 0 Å². The van der Waals surface area contributed by atoms with Gasteiger partial charge in [0.2, 0.25) is 5.91 Å². The van der Waals surface area contributed by atoms with Crippen molar-refractivity contribution in [2.24, 2.45) is 0 Å². The summed E-state index contributed by atoms with van der Waals surface area (Å²) in [5.41, 5.74) is 0. The number of hydrogen-bond donors (Lipinski definition) is 1. The minimum Gasteiger partial charge on any atom is -0.494 e. The van der Waals surface area contributed by atoms with Crippen molar-refractivity contribution < 1.29 is 13.9 Å². The number of nitrogens with zero attached hydrogens (tertiary/aromatic N) is 3. The lowest BCUT2D eigenvalue weighted by molar-refractivity contribution is -0.122. The molecule has 0 saturated heterocycles. The molecule has 6 nitrogen and oxygen atoms in total. The molecule has 1 N–H and O–H groups in total. The third-order valence-electron chi connectivity index (χ3n) is 4.13. The second-order valence-electron chi connectivity index (χ2n) is 5.98. The van der Waals surface area contributed by atoms with E-state index in [9.17, 15) is 9.18 Å². The Balaban J connectivity index is 1.37. The predicted molar refractivity (Wildman–Crippen MR) is 86.1 cm³/mol. The molecular weight excluding hydrogens is 311 g/mol. The monoisotopic (exact) mass is 332 g/mol. The molecule has 1 aliphatic heterocycles. The topological polar surface area (TPSA) is 69.0 Å². The van der Waals surface area contributed by atoms with Crippen molar-refractivity contribution in [2.45, 2.75) is 45.2 Å². The van der Waals surface area contributed by atoms with Crippen LogP contribution in [0, 0.1) is 12.7 Å². The molecule has 0 aliphatic carbocycles. The number of ether oxygens (including phenoxy) is 1. The van der Waals surface area contributed by atoms with Crippen LogP contribution in [0.3, 0.4) is 0 Å². The van der Waals surface area contributed by atoms with E-state index < -0.39 is 0 Å². The molecule has 1 atom stereocenters. The van der Waals surface area contributed by atoms with Crippen molar-refractivity contribution in [3.63, 3.8) is 0 Å². The molecule has 0 saturated carbocycles. The zero-order valence-corrected chi connectivity index (χ0v) is 13.7. The van der Waals surface area contributed by atoms with Crippen molar-refractivity contribution in [1.82, 2.24) is 20.1 Å². The number of nitrogens with one attached hydrogen (secondary N) is 1. The van der Waals surface area contributed by atoms with Crippen LogP contribution in [-0.4, -0.2) is 33.3 Å². The number of aryl methyl sites for hydroxylation is 2. The Kier molecular flexibility index (Phi) is 5.08. The van der Waals surface area contributed by atoms with E-state index >= 15 is 0 Å². The fraction of sp³-hybridized carbons (Fsp3) is 0.471. The lowest BCUT2D eigenvalue weighted by Crippen LogP contribution is -2.41. The highest BCUT2D eigenvalue weighted by Crippen LogP contribution is 2.15. The number of hydrogen-bond acceptors (Lipinski definition) is 4. The summed E-state index contributed by atoms with van der Waals surface area (Å²) in [7, 11) is 0.